The van der Waals surface area contributed by atoms with E-state index in [4.69, 9.17) is 8.83 Å². The van der Waals surface area contributed by atoms with Gasteiger partial charge in [-0.1, -0.05) is 0 Å². The number of hydrogen-bond acceptors (Lipinski definition) is 6. The zero-order chi connectivity index (χ0) is 15.9. The molecule has 2 aromatic heterocycles. The van der Waals surface area contributed by atoms with Gasteiger partial charge in [0.05, 0.1) is 11.1 Å². The lowest BCUT2D eigenvalue weighted by atomic mass is 10.0. The Hall–Kier alpha value is -2.50. The molecule has 2 N–H and O–H groups in total. The van der Waals surface area contributed by atoms with Crippen LogP contribution in [0.1, 0.15) is 33.8 Å². The Kier molecular flexibility index (Phi) is 3.63. The molecule has 21 heavy (non-hydrogen) atoms. The van der Waals surface area contributed by atoms with Gasteiger partial charge in [-0.15, -0.1) is 0 Å². The molecule has 0 saturated heterocycles. The van der Waals surface area contributed by atoms with Crippen molar-refractivity contribution >= 4 is 0 Å². The maximum absolute atomic E-state index is 11.9. The van der Waals surface area contributed by atoms with Crippen LogP contribution in [-0.4, -0.2) is 10.2 Å². The molecule has 0 bridgehead atoms. The summed E-state index contributed by atoms with van der Waals surface area (Å²) in [5, 5.41) is 20.1. The fraction of sp³-hybridized carbons (Fsp3) is 0.333. The molecule has 6 heteroatoms. The van der Waals surface area contributed by atoms with Crippen LogP contribution >= 0.6 is 0 Å². The molecule has 0 saturated carbocycles. The van der Waals surface area contributed by atoms with E-state index >= 15 is 0 Å². The highest BCUT2D eigenvalue weighted by atomic mass is 16.4. The Morgan fingerprint density at radius 2 is 1.10 bits per heavy atom. The summed E-state index contributed by atoms with van der Waals surface area (Å²) < 4.78 is 9.99. The highest BCUT2D eigenvalue weighted by Gasteiger charge is 2.20. The molecule has 0 fully saturated rings. The summed E-state index contributed by atoms with van der Waals surface area (Å²) in [5.74, 6) is 0.136. The quantitative estimate of drug-likeness (QED) is 0.875. The standard InChI is InChI=1S/C15H16O6/c1-6-8(3)20-14(18)10(12(6)16)5-11-13(17)7(2)9(4)21-15(11)19/h16-17H,5H2,1-4H3. The summed E-state index contributed by atoms with van der Waals surface area (Å²) in [5.41, 5.74) is -0.817. The van der Waals surface area contributed by atoms with Crippen molar-refractivity contribution < 1.29 is 19.0 Å². The third kappa shape index (κ3) is 2.44. The third-order valence-corrected chi connectivity index (χ3v) is 3.68. The van der Waals surface area contributed by atoms with Gasteiger partial charge in [0.15, 0.2) is 0 Å². The van der Waals surface area contributed by atoms with E-state index in [0.717, 1.165) is 0 Å². The molecule has 2 heterocycles. The van der Waals surface area contributed by atoms with Crippen LogP contribution in [0, 0.1) is 27.7 Å². The highest BCUT2D eigenvalue weighted by Crippen LogP contribution is 2.28. The summed E-state index contributed by atoms with van der Waals surface area (Å²) >= 11 is 0. The number of aryl methyl sites for hydroxylation is 2. The largest absolute Gasteiger partial charge is 0.507 e. The molecule has 0 spiro atoms. The second-order valence-corrected chi connectivity index (χ2v) is 4.97. The second-order valence-electron chi connectivity index (χ2n) is 4.97. The second kappa shape index (κ2) is 5.12. The van der Waals surface area contributed by atoms with E-state index < -0.39 is 11.3 Å². The smallest absolute Gasteiger partial charge is 0.343 e. The van der Waals surface area contributed by atoms with Crippen molar-refractivity contribution in [3.8, 4) is 11.5 Å². The monoisotopic (exact) mass is 292 g/mol. The van der Waals surface area contributed by atoms with Crippen LogP contribution in [0.2, 0.25) is 0 Å². The maximum atomic E-state index is 11.9. The molecule has 0 atom stereocenters. The Bertz CT molecular complexity index is 756. The molecule has 2 rings (SSSR count). The van der Waals surface area contributed by atoms with Crippen LogP contribution in [0.3, 0.4) is 0 Å². The molecule has 112 valence electrons. The van der Waals surface area contributed by atoms with E-state index in [1.54, 1.807) is 27.7 Å². The van der Waals surface area contributed by atoms with Gasteiger partial charge in [-0.25, -0.2) is 9.59 Å². The lowest BCUT2D eigenvalue weighted by Gasteiger charge is -2.10. The molecule has 0 aliphatic rings. The SMILES string of the molecule is Cc1oc(=O)c(Cc2c(O)c(C)c(C)oc2=O)c(O)c1C. The molecule has 0 radical (unpaired) electrons. The fourth-order valence-electron chi connectivity index (χ4n) is 2.02. The molecule has 6 nitrogen and oxygen atoms in total. The van der Waals surface area contributed by atoms with Crippen LogP contribution in [0.15, 0.2) is 18.4 Å². The van der Waals surface area contributed by atoms with Crippen LogP contribution in [0.5, 0.6) is 11.5 Å². The van der Waals surface area contributed by atoms with Gasteiger partial charge in [0.2, 0.25) is 0 Å². The first kappa shape index (κ1) is 14.9. The first-order valence-electron chi connectivity index (χ1n) is 6.38. The minimum atomic E-state index is -0.743. The zero-order valence-electron chi connectivity index (χ0n) is 12.2. The molecule has 2 aromatic rings. The van der Waals surface area contributed by atoms with Crippen molar-refractivity contribution in [2.45, 2.75) is 34.1 Å². The predicted octanol–water partition coefficient (Wildman–Crippen LogP) is 1.83. The lowest BCUT2D eigenvalue weighted by molar-refractivity contribution is 0.406. The summed E-state index contributed by atoms with van der Waals surface area (Å²) in [6, 6.07) is 0. The van der Waals surface area contributed by atoms with Gasteiger partial charge in [0, 0.05) is 17.5 Å². The van der Waals surface area contributed by atoms with Gasteiger partial charge in [-0.3, -0.25) is 0 Å². The lowest BCUT2D eigenvalue weighted by Crippen LogP contribution is -2.16. The highest BCUT2D eigenvalue weighted by molar-refractivity contribution is 5.45. The van der Waals surface area contributed by atoms with Gasteiger partial charge < -0.3 is 19.0 Å². The molecule has 0 aliphatic carbocycles. The summed E-state index contributed by atoms with van der Waals surface area (Å²) in [6.45, 7) is 6.31. The summed E-state index contributed by atoms with van der Waals surface area (Å²) in [4.78, 5) is 23.7. The predicted molar refractivity (Wildman–Crippen MR) is 75.0 cm³/mol. The van der Waals surface area contributed by atoms with Crippen molar-refractivity contribution in [1.29, 1.82) is 0 Å². The third-order valence-electron chi connectivity index (χ3n) is 3.68. The van der Waals surface area contributed by atoms with Gasteiger partial charge in [-0.05, 0) is 27.7 Å². The van der Waals surface area contributed by atoms with E-state index in [-0.39, 0.29) is 29.0 Å². The van der Waals surface area contributed by atoms with Crippen molar-refractivity contribution in [3.63, 3.8) is 0 Å². The van der Waals surface area contributed by atoms with Gasteiger partial charge in [0.25, 0.3) is 0 Å². The maximum Gasteiger partial charge on any atom is 0.343 e. The summed E-state index contributed by atoms with van der Waals surface area (Å²) in [6.07, 6.45) is -0.259. The van der Waals surface area contributed by atoms with E-state index in [1.807, 2.05) is 0 Å². The zero-order valence-corrected chi connectivity index (χ0v) is 12.2. The van der Waals surface area contributed by atoms with E-state index in [9.17, 15) is 19.8 Å². The first-order chi connectivity index (χ1) is 9.73. The number of aromatic hydroxyl groups is 2. The fourth-order valence-corrected chi connectivity index (χ4v) is 2.02. The van der Waals surface area contributed by atoms with Crippen LogP contribution in [0.4, 0.5) is 0 Å². The van der Waals surface area contributed by atoms with Crippen LogP contribution in [-0.2, 0) is 6.42 Å². The average molecular weight is 292 g/mol. The Morgan fingerprint density at radius 3 is 1.43 bits per heavy atom. The minimum Gasteiger partial charge on any atom is -0.507 e. The van der Waals surface area contributed by atoms with E-state index in [0.29, 0.717) is 22.6 Å². The van der Waals surface area contributed by atoms with Crippen molar-refractivity contribution in [1.82, 2.24) is 0 Å². The topological polar surface area (TPSA) is 101 Å². The van der Waals surface area contributed by atoms with Gasteiger partial charge in [-0.2, -0.15) is 0 Å². The molecule has 0 aliphatic heterocycles. The number of rotatable bonds is 2. The average Bonchev–Trinajstić information content (AvgIpc) is 2.42. The molecular formula is C15H16O6. The Morgan fingerprint density at radius 1 is 0.762 bits per heavy atom. The van der Waals surface area contributed by atoms with Crippen LogP contribution in [0.25, 0.3) is 0 Å². The Labute approximate surface area is 120 Å². The normalized spacial score (nSPS) is 10.9. The van der Waals surface area contributed by atoms with E-state index in [2.05, 4.69) is 0 Å². The van der Waals surface area contributed by atoms with Crippen molar-refractivity contribution in [3.05, 3.63) is 54.6 Å². The number of hydrogen-bond donors (Lipinski definition) is 2. The van der Waals surface area contributed by atoms with Crippen molar-refractivity contribution in [2.75, 3.05) is 0 Å². The van der Waals surface area contributed by atoms with Gasteiger partial charge >= 0.3 is 11.3 Å². The van der Waals surface area contributed by atoms with E-state index in [1.165, 1.54) is 0 Å². The van der Waals surface area contributed by atoms with Gasteiger partial charge in [0.1, 0.15) is 23.0 Å². The minimum absolute atomic E-state index is 0.0797. The molecule has 0 aromatic carbocycles. The van der Waals surface area contributed by atoms with Crippen molar-refractivity contribution in [2.24, 2.45) is 0 Å². The summed E-state index contributed by atoms with van der Waals surface area (Å²) in [7, 11) is 0. The molecule has 0 unspecified atom stereocenters. The molecular weight excluding hydrogens is 276 g/mol. The molecule has 0 amide bonds. The Balaban J connectivity index is 2.65. The first-order valence-corrected chi connectivity index (χ1v) is 6.38. The van der Waals surface area contributed by atoms with Crippen LogP contribution < -0.4 is 11.3 Å².